The maximum Gasteiger partial charge on any atom is 0.333 e. The number of hydrogen-bond donors (Lipinski definition) is 0. The molecule has 0 rings (SSSR count). The van der Waals surface area contributed by atoms with E-state index in [2.05, 4.69) is 13.5 Å². The van der Waals surface area contributed by atoms with Gasteiger partial charge in [-0.15, -0.1) is 0 Å². The second-order valence-corrected chi connectivity index (χ2v) is 7.42. The Bertz CT molecular complexity index is 325. The van der Waals surface area contributed by atoms with E-state index in [1.165, 1.54) is 83.5 Å². The van der Waals surface area contributed by atoms with Crippen LogP contribution in [0.5, 0.6) is 0 Å². The Labute approximate surface area is 162 Å². The first-order valence-corrected chi connectivity index (χ1v) is 11.1. The molecule has 3 nitrogen and oxygen atoms in total. The molecule has 0 atom stereocenters. The highest BCUT2D eigenvalue weighted by Gasteiger charge is 2.01. The van der Waals surface area contributed by atoms with Crippen molar-refractivity contribution in [2.45, 2.75) is 110 Å². The molecule has 0 fully saturated rings. The third-order valence-electron chi connectivity index (χ3n) is 4.72. The number of carbonyl (C=O) groups excluding carboxylic acids is 1. The Kier molecular flexibility index (Phi) is 19.8. The van der Waals surface area contributed by atoms with E-state index in [4.69, 9.17) is 9.47 Å². The Morgan fingerprint density at radius 2 is 1.00 bits per heavy atom. The monoisotopic (exact) mass is 368 g/mol. The zero-order valence-electron chi connectivity index (χ0n) is 17.7. The Morgan fingerprint density at radius 3 is 1.35 bits per heavy atom. The fraction of sp³-hybridized carbons (Fsp3) is 0.870. The molecule has 0 saturated carbocycles. The van der Waals surface area contributed by atoms with Crippen molar-refractivity contribution in [3.05, 3.63) is 12.2 Å². The number of ether oxygens (including phenoxy) is 2. The molecule has 0 aromatic carbocycles. The van der Waals surface area contributed by atoms with E-state index in [0.717, 1.165) is 26.1 Å². The van der Waals surface area contributed by atoms with Crippen molar-refractivity contribution in [3.8, 4) is 0 Å². The van der Waals surface area contributed by atoms with Gasteiger partial charge in [-0.2, -0.15) is 0 Å². The molecule has 0 saturated heterocycles. The maximum absolute atomic E-state index is 11.2. The number of hydrogen-bond acceptors (Lipinski definition) is 3. The minimum absolute atomic E-state index is 0.258. The predicted octanol–water partition coefficient (Wildman–Crippen LogP) is 6.99. The van der Waals surface area contributed by atoms with Crippen LogP contribution in [0, 0.1) is 0 Å². The third-order valence-corrected chi connectivity index (χ3v) is 4.72. The summed E-state index contributed by atoms with van der Waals surface area (Å²) in [7, 11) is 0. The van der Waals surface area contributed by atoms with Gasteiger partial charge in [0.05, 0.1) is 6.61 Å². The second kappa shape index (κ2) is 20.5. The Balaban J connectivity index is 3.05. The lowest BCUT2D eigenvalue weighted by molar-refractivity contribution is -0.139. The van der Waals surface area contributed by atoms with Crippen molar-refractivity contribution >= 4 is 5.97 Å². The van der Waals surface area contributed by atoms with Crippen LogP contribution in [0.15, 0.2) is 12.2 Å². The lowest BCUT2D eigenvalue weighted by Gasteiger charge is -2.05. The van der Waals surface area contributed by atoms with E-state index in [-0.39, 0.29) is 5.97 Å². The molecule has 3 heteroatoms. The van der Waals surface area contributed by atoms with Crippen LogP contribution in [0.4, 0.5) is 0 Å². The van der Waals surface area contributed by atoms with E-state index < -0.39 is 0 Å². The van der Waals surface area contributed by atoms with Crippen LogP contribution in [0.1, 0.15) is 110 Å². The van der Waals surface area contributed by atoms with Gasteiger partial charge in [0, 0.05) is 18.8 Å². The van der Waals surface area contributed by atoms with Gasteiger partial charge in [-0.05, 0) is 26.7 Å². The van der Waals surface area contributed by atoms with Gasteiger partial charge in [0.2, 0.25) is 0 Å². The van der Waals surface area contributed by atoms with Crippen LogP contribution in [0.25, 0.3) is 0 Å². The first-order chi connectivity index (χ1) is 12.7. The fourth-order valence-electron chi connectivity index (χ4n) is 3.04. The Morgan fingerprint density at radius 1 is 0.654 bits per heavy atom. The van der Waals surface area contributed by atoms with Gasteiger partial charge in [0.25, 0.3) is 0 Å². The summed E-state index contributed by atoms with van der Waals surface area (Å²) >= 11 is 0. The lowest BCUT2D eigenvalue weighted by Crippen LogP contribution is -2.05. The molecule has 0 aliphatic heterocycles. The van der Waals surface area contributed by atoms with Crippen molar-refractivity contribution < 1.29 is 14.3 Å². The van der Waals surface area contributed by atoms with Crippen LogP contribution < -0.4 is 0 Å². The van der Waals surface area contributed by atoms with Crippen LogP contribution in [-0.2, 0) is 14.3 Å². The number of rotatable bonds is 20. The van der Waals surface area contributed by atoms with Crippen LogP contribution >= 0.6 is 0 Å². The maximum atomic E-state index is 11.2. The summed E-state index contributed by atoms with van der Waals surface area (Å²) in [5, 5.41) is 0. The molecule has 0 aromatic rings. The predicted molar refractivity (Wildman–Crippen MR) is 112 cm³/mol. The molecule has 0 unspecified atom stereocenters. The van der Waals surface area contributed by atoms with E-state index >= 15 is 0 Å². The zero-order valence-corrected chi connectivity index (χ0v) is 17.7. The molecular weight excluding hydrogens is 324 g/mol. The molecule has 0 aliphatic carbocycles. The summed E-state index contributed by atoms with van der Waals surface area (Å²) in [4.78, 5) is 11.2. The molecule has 0 amide bonds. The Hall–Kier alpha value is -0.830. The zero-order chi connectivity index (χ0) is 19.3. The van der Waals surface area contributed by atoms with Gasteiger partial charge in [-0.1, -0.05) is 90.0 Å². The topological polar surface area (TPSA) is 35.5 Å². The minimum atomic E-state index is -0.258. The second-order valence-electron chi connectivity index (χ2n) is 7.42. The van der Waals surface area contributed by atoms with Crippen LogP contribution in [-0.4, -0.2) is 25.8 Å². The van der Waals surface area contributed by atoms with E-state index in [1.807, 2.05) is 0 Å². The fourth-order valence-corrected chi connectivity index (χ4v) is 3.04. The summed E-state index contributed by atoms with van der Waals surface area (Å²) in [6, 6.07) is 0. The van der Waals surface area contributed by atoms with Crippen molar-refractivity contribution in [3.63, 3.8) is 0 Å². The van der Waals surface area contributed by atoms with Crippen molar-refractivity contribution in [1.29, 1.82) is 0 Å². The SMILES string of the molecule is C=C(C)C(=O)OCCCCCCCCCCCCCCCCCOCC. The standard InChI is InChI=1S/C23H44O3/c1-4-25-20-18-16-14-12-10-8-6-5-7-9-11-13-15-17-19-21-26-23(24)22(2)3/h2,4-21H2,1,3H3. The van der Waals surface area contributed by atoms with Gasteiger partial charge in [0.15, 0.2) is 0 Å². The highest BCUT2D eigenvalue weighted by atomic mass is 16.5. The average molecular weight is 369 g/mol. The lowest BCUT2D eigenvalue weighted by atomic mass is 10.0. The first-order valence-electron chi connectivity index (χ1n) is 11.1. The average Bonchev–Trinajstić information content (AvgIpc) is 2.63. The van der Waals surface area contributed by atoms with E-state index in [1.54, 1.807) is 6.92 Å². The van der Waals surface area contributed by atoms with Gasteiger partial charge in [0.1, 0.15) is 0 Å². The summed E-state index contributed by atoms with van der Waals surface area (Å²) in [6.07, 6.45) is 19.8. The molecule has 0 bridgehead atoms. The normalized spacial score (nSPS) is 10.8. The smallest absolute Gasteiger partial charge is 0.333 e. The highest BCUT2D eigenvalue weighted by molar-refractivity contribution is 5.86. The quantitative estimate of drug-likeness (QED) is 0.132. The van der Waals surface area contributed by atoms with Crippen molar-refractivity contribution in [2.24, 2.45) is 0 Å². The third kappa shape index (κ3) is 19.5. The summed E-state index contributed by atoms with van der Waals surface area (Å²) < 4.78 is 10.4. The van der Waals surface area contributed by atoms with Crippen molar-refractivity contribution in [1.82, 2.24) is 0 Å². The van der Waals surface area contributed by atoms with Gasteiger partial charge in [-0.3, -0.25) is 0 Å². The van der Waals surface area contributed by atoms with Crippen LogP contribution in [0.3, 0.4) is 0 Å². The van der Waals surface area contributed by atoms with Gasteiger partial charge < -0.3 is 9.47 Å². The number of unbranched alkanes of at least 4 members (excludes halogenated alkanes) is 14. The molecule has 154 valence electrons. The number of esters is 1. The van der Waals surface area contributed by atoms with Gasteiger partial charge in [-0.25, -0.2) is 4.79 Å². The van der Waals surface area contributed by atoms with E-state index in [0.29, 0.717) is 12.2 Å². The summed E-state index contributed by atoms with van der Waals surface area (Å²) in [5.74, 6) is -0.258. The molecule has 0 spiro atoms. The summed E-state index contributed by atoms with van der Waals surface area (Å²) in [6.45, 7) is 9.67. The largest absolute Gasteiger partial charge is 0.462 e. The summed E-state index contributed by atoms with van der Waals surface area (Å²) in [5.41, 5.74) is 0.488. The molecule has 0 radical (unpaired) electrons. The molecule has 26 heavy (non-hydrogen) atoms. The van der Waals surface area contributed by atoms with E-state index in [9.17, 15) is 4.79 Å². The van der Waals surface area contributed by atoms with Crippen LogP contribution in [0.2, 0.25) is 0 Å². The minimum Gasteiger partial charge on any atom is -0.462 e. The molecule has 0 aromatic heterocycles. The number of carbonyl (C=O) groups is 1. The van der Waals surface area contributed by atoms with Gasteiger partial charge >= 0.3 is 5.97 Å². The highest BCUT2D eigenvalue weighted by Crippen LogP contribution is 2.13. The molecule has 0 heterocycles. The molecule has 0 aliphatic rings. The first kappa shape index (κ1) is 25.2. The molecule has 0 N–H and O–H groups in total. The van der Waals surface area contributed by atoms with Crippen molar-refractivity contribution in [2.75, 3.05) is 19.8 Å². The molecular formula is C23H44O3.